The molecule has 102 valence electrons. The number of aromatic hydroxyl groups is 1. The van der Waals surface area contributed by atoms with Crippen LogP contribution in [0.25, 0.3) is 0 Å². The van der Waals surface area contributed by atoms with Gasteiger partial charge in [0.1, 0.15) is 5.75 Å². The SMILES string of the molecule is Cc1c(O)cccc1C(=O)Nc1cccc(C(=O)O)c1. The van der Waals surface area contributed by atoms with Gasteiger partial charge in [0.05, 0.1) is 5.56 Å². The third-order valence-corrected chi connectivity index (χ3v) is 2.92. The minimum atomic E-state index is -1.06. The number of phenolic OH excluding ortho intramolecular Hbond substituents is 1. The van der Waals surface area contributed by atoms with Crippen LogP contribution in [-0.4, -0.2) is 22.1 Å². The maximum atomic E-state index is 12.1. The first-order valence-electron chi connectivity index (χ1n) is 5.92. The molecule has 0 atom stereocenters. The highest BCUT2D eigenvalue weighted by atomic mass is 16.4. The summed E-state index contributed by atoms with van der Waals surface area (Å²) >= 11 is 0. The number of anilines is 1. The summed E-state index contributed by atoms with van der Waals surface area (Å²) in [6.07, 6.45) is 0. The Hall–Kier alpha value is -2.82. The zero-order valence-electron chi connectivity index (χ0n) is 10.8. The first-order valence-corrected chi connectivity index (χ1v) is 5.92. The average Bonchev–Trinajstić information content (AvgIpc) is 2.42. The van der Waals surface area contributed by atoms with Crippen LogP contribution in [0.4, 0.5) is 5.69 Å². The van der Waals surface area contributed by atoms with Crippen molar-refractivity contribution >= 4 is 17.6 Å². The number of amides is 1. The highest BCUT2D eigenvalue weighted by Gasteiger charge is 2.12. The molecular weight excluding hydrogens is 258 g/mol. The summed E-state index contributed by atoms with van der Waals surface area (Å²) in [6.45, 7) is 1.64. The molecule has 0 unspecified atom stereocenters. The van der Waals surface area contributed by atoms with E-state index in [2.05, 4.69) is 5.32 Å². The number of carboxylic acids is 1. The number of phenols is 1. The summed E-state index contributed by atoms with van der Waals surface area (Å²) in [7, 11) is 0. The Kier molecular flexibility index (Phi) is 3.70. The molecule has 5 nitrogen and oxygen atoms in total. The summed E-state index contributed by atoms with van der Waals surface area (Å²) in [5.74, 6) is -1.42. The molecule has 0 aliphatic rings. The third-order valence-electron chi connectivity index (χ3n) is 2.92. The van der Waals surface area contributed by atoms with Crippen molar-refractivity contribution in [2.24, 2.45) is 0 Å². The second-order valence-electron chi connectivity index (χ2n) is 4.29. The summed E-state index contributed by atoms with van der Waals surface area (Å²) in [4.78, 5) is 23.0. The standard InChI is InChI=1S/C15H13NO4/c1-9-12(6-3-7-13(9)17)14(18)16-11-5-2-4-10(8-11)15(19)20/h2-8,17H,1H3,(H,16,18)(H,19,20). The van der Waals surface area contributed by atoms with Crippen LogP contribution in [0, 0.1) is 6.92 Å². The molecule has 0 radical (unpaired) electrons. The molecule has 0 aliphatic heterocycles. The first kappa shape index (κ1) is 13.6. The van der Waals surface area contributed by atoms with Crippen molar-refractivity contribution in [3.63, 3.8) is 0 Å². The van der Waals surface area contributed by atoms with Crippen LogP contribution in [0.1, 0.15) is 26.3 Å². The number of rotatable bonds is 3. The quantitative estimate of drug-likeness (QED) is 0.801. The third kappa shape index (κ3) is 2.77. The van der Waals surface area contributed by atoms with E-state index >= 15 is 0 Å². The number of hydrogen-bond donors (Lipinski definition) is 3. The highest BCUT2D eigenvalue weighted by Crippen LogP contribution is 2.21. The van der Waals surface area contributed by atoms with Crippen LogP contribution in [-0.2, 0) is 0 Å². The van der Waals surface area contributed by atoms with E-state index in [1.165, 1.54) is 18.2 Å². The molecule has 20 heavy (non-hydrogen) atoms. The topological polar surface area (TPSA) is 86.6 Å². The molecule has 1 amide bonds. The normalized spacial score (nSPS) is 10.1. The minimum Gasteiger partial charge on any atom is -0.508 e. The monoisotopic (exact) mass is 271 g/mol. The van der Waals surface area contributed by atoms with E-state index < -0.39 is 11.9 Å². The average molecular weight is 271 g/mol. The molecule has 0 saturated heterocycles. The van der Waals surface area contributed by atoms with Crippen LogP contribution < -0.4 is 5.32 Å². The molecule has 0 fully saturated rings. The fourth-order valence-corrected chi connectivity index (χ4v) is 1.80. The molecule has 0 saturated carbocycles. The maximum absolute atomic E-state index is 12.1. The largest absolute Gasteiger partial charge is 0.508 e. The Labute approximate surface area is 115 Å². The molecule has 5 heteroatoms. The van der Waals surface area contributed by atoms with Crippen molar-refractivity contribution < 1.29 is 19.8 Å². The molecule has 3 N–H and O–H groups in total. The van der Waals surface area contributed by atoms with Crippen molar-refractivity contribution in [1.82, 2.24) is 0 Å². The van der Waals surface area contributed by atoms with E-state index in [1.807, 2.05) is 0 Å². The number of carbonyl (C=O) groups excluding carboxylic acids is 1. The molecule has 2 aromatic rings. The zero-order chi connectivity index (χ0) is 14.7. The predicted molar refractivity (Wildman–Crippen MR) is 74.2 cm³/mol. The van der Waals surface area contributed by atoms with Gasteiger partial charge in [-0.1, -0.05) is 12.1 Å². The van der Waals surface area contributed by atoms with E-state index in [4.69, 9.17) is 5.11 Å². The van der Waals surface area contributed by atoms with E-state index in [-0.39, 0.29) is 11.3 Å². The van der Waals surface area contributed by atoms with Crippen LogP contribution in [0.3, 0.4) is 0 Å². The van der Waals surface area contributed by atoms with E-state index in [0.717, 1.165) is 0 Å². The Morgan fingerprint density at radius 1 is 1.10 bits per heavy atom. The molecule has 0 bridgehead atoms. The van der Waals surface area contributed by atoms with E-state index in [1.54, 1.807) is 31.2 Å². The fourth-order valence-electron chi connectivity index (χ4n) is 1.80. The van der Waals surface area contributed by atoms with Crippen molar-refractivity contribution in [2.75, 3.05) is 5.32 Å². The fraction of sp³-hybridized carbons (Fsp3) is 0.0667. The lowest BCUT2D eigenvalue weighted by Crippen LogP contribution is -2.13. The predicted octanol–water partition coefficient (Wildman–Crippen LogP) is 2.65. The Balaban J connectivity index is 2.26. The molecule has 0 heterocycles. The molecule has 2 aromatic carbocycles. The lowest BCUT2D eigenvalue weighted by molar-refractivity contribution is 0.0696. The Bertz CT molecular complexity index is 679. The molecular formula is C15H13NO4. The summed E-state index contributed by atoms with van der Waals surface area (Å²) in [5.41, 5.74) is 1.29. The van der Waals surface area contributed by atoms with Gasteiger partial charge in [-0.3, -0.25) is 4.79 Å². The van der Waals surface area contributed by atoms with Crippen LogP contribution in [0.5, 0.6) is 5.75 Å². The number of nitrogens with one attached hydrogen (secondary N) is 1. The van der Waals surface area contributed by atoms with Crippen LogP contribution >= 0.6 is 0 Å². The van der Waals surface area contributed by atoms with Crippen molar-refractivity contribution in [2.45, 2.75) is 6.92 Å². The van der Waals surface area contributed by atoms with Gasteiger partial charge in [-0.05, 0) is 37.3 Å². The lowest BCUT2D eigenvalue weighted by Gasteiger charge is -2.09. The minimum absolute atomic E-state index is 0.0388. The van der Waals surface area contributed by atoms with Gasteiger partial charge in [0.2, 0.25) is 0 Å². The smallest absolute Gasteiger partial charge is 0.335 e. The second kappa shape index (κ2) is 5.44. The summed E-state index contributed by atoms with van der Waals surface area (Å²) in [5, 5.41) is 21.1. The first-order chi connectivity index (χ1) is 9.49. The lowest BCUT2D eigenvalue weighted by atomic mass is 10.1. The van der Waals surface area contributed by atoms with E-state index in [0.29, 0.717) is 16.8 Å². The molecule has 2 rings (SSSR count). The van der Waals surface area contributed by atoms with Crippen LogP contribution in [0.15, 0.2) is 42.5 Å². The number of benzene rings is 2. The number of aromatic carboxylic acids is 1. The van der Waals surface area contributed by atoms with Crippen molar-refractivity contribution in [3.05, 3.63) is 59.2 Å². The van der Waals surface area contributed by atoms with Gasteiger partial charge in [0, 0.05) is 16.8 Å². The van der Waals surface area contributed by atoms with Gasteiger partial charge in [0.15, 0.2) is 0 Å². The van der Waals surface area contributed by atoms with Gasteiger partial charge >= 0.3 is 5.97 Å². The van der Waals surface area contributed by atoms with Crippen molar-refractivity contribution in [1.29, 1.82) is 0 Å². The van der Waals surface area contributed by atoms with E-state index in [9.17, 15) is 14.7 Å². The summed E-state index contributed by atoms with van der Waals surface area (Å²) in [6, 6.07) is 10.6. The number of carbonyl (C=O) groups is 2. The van der Waals surface area contributed by atoms with Gasteiger partial charge in [-0.15, -0.1) is 0 Å². The Morgan fingerprint density at radius 2 is 1.80 bits per heavy atom. The molecule has 0 aromatic heterocycles. The van der Waals surface area contributed by atoms with Gasteiger partial charge < -0.3 is 15.5 Å². The van der Waals surface area contributed by atoms with Gasteiger partial charge in [0.25, 0.3) is 5.91 Å². The highest BCUT2D eigenvalue weighted by molar-refractivity contribution is 6.06. The summed E-state index contributed by atoms with van der Waals surface area (Å²) < 4.78 is 0. The van der Waals surface area contributed by atoms with Gasteiger partial charge in [-0.2, -0.15) is 0 Å². The number of hydrogen-bond acceptors (Lipinski definition) is 3. The molecule has 0 aliphatic carbocycles. The maximum Gasteiger partial charge on any atom is 0.335 e. The van der Waals surface area contributed by atoms with Gasteiger partial charge in [-0.25, -0.2) is 4.79 Å². The van der Waals surface area contributed by atoms with Crippen LogP contribution in [0.2, 0.25) is 0 Å². The second-order valence-corrected chi connectivity index (χ2v) is 4.29. The number of carboxylic acid groups (broad SMARTS) is 1. The zero-order valence-corrected chi connectivity index (χ0v) is 10.8. The Morgan fingerprint density at radius 3 is 2.50 bits per heavy atom. The van der Waals surface area contributed by atoms with Crippen molar-refractivity contribution in [3.8, 4) is 5.75 Å². The molecule has 0 spiro atoms.